The molecule has 6 heteroatoms. The summed E-state index contributed by atoms with van der Waals surface area (Å²) in [5.41, 5.74) is 1.06. The fraction of sp³-hybridized carbons (Fsp3) is 0.412. The summed E-state index contributed by atoms with van der Waals surface area (Å²) in [4.78, 5) is 0. The first-order valence-electron chi connectivity index (χ1n) is 7.57. The van der Waals surface area contributed by atoms with Crippen molar-refractivity contribution in [1.29, 1.82) is 0 Å². The van der Waals surface area contributed by atoms with Crippen LogP contribution in [-0.4, -0.2) is 19.6 Å². The normalized spacial score (nSPS) is 14.8. The molecule has 1 fully saturated rings. The molecule has 2 heterocycles. The molecule has 2 aromatic rings. The van der Waals surface area contributed by atoms with Crippen LogP contribution in [0.15, 0.2) is 40.8 Å². The molecule has 0 aliphatic carbocycles. The Labute approximate surface area is 155 Å². The van der Waals surface area contributed by atoms with E-state index in [4.69, 9.17) is 16.0 Å². The second-order valence-corrected chi connectivity index (χ2v) is 6.03. The van der Waals surface area contributed by atoms with E-state index < -0.39 is 0 Å². The number of rotatable bonds is 5. The van der Waals surface area contributed by atoms with E-state index in [1.165, 1.54) is 12.8 Å². The van der Waals surface area contributed by atoms with E-state index in [1.807, 2.05) is 36.4 Å². The van der Waals surface area contributed by atoms with E-state index in [2.05, 4.69) is 10.6 Å². The van der Waals surface area contributed by atoms with Gasteiger partial charge in [0.1, 0.15) is 11.5 Å². The summed E-state index contributed by atoms with van der Waals surface area (Å²) in [6.07, 6.45) is 2.53. The van der Waals surface area contributed by atoms with Crippen LogP contribution in [0.2, 0.25) is 5.02 Å². The lowest BCUT2D eigenvalue weighted by Gasteiger charge is -2.22. The van der Waals surface area contributed by atoms with E-state index in [0.29, 0.717) is 0 Å². The van der Waals surface area contributed by atoms with Crippen molar-refractivity contribution in [3.63, 3.8) is 0 Å². The molecule has 1 aliphatic rings. The van der Waals surface area contributed by atoms with Crippen molar-refractivity contribution in [1.82, 2.24) is 10.6 Å². The molecule has 0 atom stereocenters. The Kier molecular flexibility index (Phi) is 9.03. The molecule has 0 radical (unpaired) electrons. The molecule has 128 valence electrons. The third-order valence-electron chi connectivity index (χ3n) is 3.98. The van der Waals surface area contributed by atoms with E-state index in [1.54, 1.807) is 0 Å². The van der Waals surface area contributed by atoms with Crippen molar-refractivity contribution in [3.05, 3.63) is 47.2 Å². The van der Waals surface area contributed by atoms with Gasteiger partial charge < -0.3 is 15.1 Å². The Morgan fingerprint density at radius 3 is 2.43 bits per heavy atom. The maximum Gasteiger partial charge on any atom is 0.134 e. The summed E-state index contributed by atoms with van der Waals surface area (Å²) < 4.78 is 5.88. The van der Waals surface area contributed by atoms with Gasteiger partial charge in [0, 0.05) is 10.6 Å². The molecule has 0 amide bonds. The smallest absolute Gasteiger partial charge is 0.134 e. The van der Waals surface area contributed by atoms with Crippen molar-refractivity contribution in [2.45, 2.75) is 19.4 Å². The fourth-order valence-corrected chi connectivity index (χ4v) is 2.85. The summed E-state index contributed by atoms with van der Waals surface area (Å²) in [7, 11) is 0. The molecule has 1 aromatic heterocycles. The number of halogens is 3. The topological polar surface area (TPSA) is 37.2 Å². The monoisotopic (exact) mass is 376 g/mol. The summed E-state index contributed by atoms with van der Waals surface area (Å²) in [6, 6.07) is 11.8. The van der Waals surface area contributed by atoms with E-state index in [0.717, 1.165) is 54.2 Å². The highest BCUT2D eigenvalue weighted by atomic mass is 35.5. The molecule has 3 nitrogen and oxygen atoms in total. The largest absolute Gasteiger partial charge is 0.460 e. The lowest BCUT2D eigenvalue weighted by atomic mass is 9.98. The van der Waals surface area contributed by atoms with Gasteiger partial charge in [0.25, 0.3) is 0 Å². The van der Waals surface area contributed by atoms with Crippen molar-refractivity contribution in [3.8, 4) is 11.3 Å². The second kappa shape index (κ2) is 10.2. The SMILES string of the molecule is Cl.Cl.Clc1ccc(-c2ccc(CNCC3CCNCC3)o2)cc1. The average Bonchev–Trinajstić information content (AvgIpc) is 2.98. The first-order chi connectivity index (χ1) is 10.3. The third-order valence-corrected chi connectivity index (χ3v) is 4.23. The van der Waals surface area contributed by atoms with Gasteiger partial charge in [0.05, 0.1) is 6.54 Å². The zero-order valence-electron chi connectivity index (χ0n) is 12.9. The van der Waals surface area contributed by atoms with Crippen LogP contribution in [0, 0.1) is 5.92 Å². The average molecular weight is 378 g/mol. The number of nitrogens with one attached hydrogen (secondary N) is 2. The minimum absolute atomic E-state index is 0. The van der Waals surface area contributed by atoms with Crippen LogP contribution in [0.3, 0.4) is 0 Å². The Balaban J connectivity index is 0.00000132. The summed E-state index contributed by atoms with van der Waals surface area (Å²) in [5, 5.41) is 7.64. The van der Waals surface area contributed by atoms with Gasteiger partial charge in [-0.1, -0.05) is 11.6 Å². The van der Waals surface area contributed by atoms with Gasteiger partial charge in [-0.05, 0) is 74.8 Å². The molecule has 23 heavy (non-hydrogen) atoms. The summed E-state index contributed by atoms with van der Waals surface area (Å²) in [6.45, 7) is 4.15. The van der Waals surface area contributed by atoms with Crippen LogP contribution in [0.25, 0.3) is 11.3 Å². The van der Waals surface area contributed by atoms with Crippen molar-refractivity contribution >= 4 is 36.4 Å². The summed E-state index contributed by atoms with van der Waals surface area (Å²) >= 11 is 5.90. The van der Waals surface area contributed by atoms with Gasteiger partial charge in [0.2, 0.25) is 0 Å². The summed E-state index contributed by atoms with van der Waals surface area (Å²) in [5.74, 6) is 2.66. The molecule has 0 saturated carbocycles. The van der Waals surface area contributed by atoms with Crippen LogP contribution in [0.5, 0.6) is 0 Å². The Morgan fingerprint density at radius 2 is 1.74 bits per heavy atom. The molecular formula is C17H23Cl3N2O. The molecule has 0 spiro atoms. The number of furan rings is 1. The van der Waals surface area contributed by atoms with E-state index in [9.17, 15) is 0 Å². The molecule has 0 bridgehead atoms. The van der Waals surface area contributed by atoms with Crippen molar-refractivity contribution < 1.29 is 4.42 Å². The Hall–Kier alpha value is -0.710. The zero-order chi connectivity index (χ0) is 14.5. The van der Waals surface area contributed by atoms with Crippen molar-refractivity contribution in [2.24, 2.45) is 5.92 Å². The van der Waals surface area contributed by atoms with Crippen LogP contribution in [0.1, 0.15) is 18.6 Å². The zero-order valence-corrected chi connectivity index (χ0v) is 15.3. The number of hydrogen-bond donors (Lipinski definition) is 2. The molecular weight excluding hydrogens is 355 g/mol. The highest BCUT2D eigenvalue weighted by Crippen LogP contribution is 2.23. The molecule has 2 N–H and O–H groups in total. The molecule has 0 unspecified atom stereocenters. The van der Waals surface area contributed by atoms with E-state index >= 15 is 0 Å². The highest BCUT2D eigenvalue weighted by Gasteiger charge is 2.12. The van der Waals surface area contributed by atoms with Crippen LogP contribution >= 0.6 is 36.4 Å². The molecule has 3 rings (SSSR count). The van der Waals surface area contributed by atoms with Gasteiger partial charge in [-0.3, -0.25) is 0 Å². The molecule has 1 aliphatic heterocycles. The number of benzene rings is 1. The van der Waals surface area contributed by atoms with Crippen LogP contribution < -0.4 is 10.6 Å². The minimum Gasteiger partial charge on any atom is -0.460 e. The maximum atomic E-state index is 5.90. The quantitative estimate of drug-likeness (QED) is 0.803. The molecule has 1 saturated heterocycles. The first-order valence-corrected chi connectivity index (χ1v) is 7.95. The lowest BCUT2D eigenvalue weighted by Crippen LogP contribution is -2.33. The van der Waals surface area contributed by atoms with Gasteiger partial charge >= 0.3 is 0 Å². The third kappa shape index (κ3) is 6.02. The first kappa shape index (κ1) is 20.3. The van der Waals surface area contributed by atoms with Gasteiger partial charge in [-0.2, -0.15) is 0 Å². The van der Waals surface area contributed by atoms with Gasteiger partial charge in [-0.25, -0.2) is 0 Å². The predicted octanol–water partition coefficient (Wildman–Crippen LogP) is 4.53. The van der Waals surface area contributed by atoms with Crippen LogP contribution in [0.4, 0.5) is 0 Å². The van der Waals surface area contributed by atoms with Gasteiger partial charge in [0.15, 0.2) is 0 Å². The fourth-order valence-electron chi connectivity index (χ4n) is 2.73. The Morgan fingerprint density at radius 1 is 1.04 bits per heavy atom. The minimum atomic E-state index is 0. The standard InChI is InChI=1S/C17H21ClN2O.2ClH/c18-15-3-1-14(2-4-15)17-6-5-16(21-17)12-20-11-13-7-9-19-10-8-13;;/h1-6,13,19-20H,7-12H2;2*1H. The number of piperidine rings is 1. The highest BCUT2D eigenvalue weighted by molar-refractivity contribution is 6.30. The lowest BCUT2D eigenvalue weighted by molar-refractivity contribution is 0.350. The number of hydrogen-bond acceptors (Lipinski definition) is 3. The Bertz CT molecular complexity index is 565. The van der Waals surface area contributed by atoms with Crippen molar-refractivity contribution in [2.75, 3.05) is 19.6 Å². The second-order valence-electron chi connectivity index (χ2n) is 5.60. The van der Waals surface area contributed by atoms with Gasteiger partial charge in [-0.15, -0.1) is 24.8 Å². The van der Waals surface area contributed by atoms with E-state index in [-0.39, 0.29) is 24.8 Å². The predicted molar refractivity (Wildman–Crippen MR) is 101 cm³/mol. The molecule has 1 aromatic carbocycles. The van der Waals surface area contributed by atoms with Crippen LogP contribution in [-0.2, 0) is 6.54 Å². The maximum absolute atomic E-state index is 5.90.